The van der Waals surface area contributed by atoms with Gasteiger partial charge in [-0.05, 0) is 18.9 Å². The van der Waals surface area contributed by atoms with Crippen molar-refractivity contribution in [2.45, 2.75) is 20.3 Å². The van der Waals surface area contributed by atoms with Gasteiger partial charge in [-0.1, -0.05) is 13.8 Å². The zero-order chi connectivity index (χ0) is 9.40. The summed E-state index contributed by atoms with van der Waals surface area (Å²) in [5.41, 5.74) is 0. The molecule has 1 nitrogen and oxygen atoms in total. The highest BCUT2D eigenvalue weighted by molar-refractivity contribution is 6.18. The molecule has 0 spiro atoms. The lowest BCUT2D eigenvalue weighted by Crippen LogP contribution is -2.29. The molecule has 3 heteroatoms. The normalized spacial score (nSPS) is 11.5. The van der Waals surface area contributed by atoms with E-state index in [-0.39, 0.29) is 0 Å². The van der Waals surface area contributed by atoms with Gasteiger partial charge in [0.15, 0.2) is 0 Å². The molecule has 0 aliphatic carbocycles. The summed E-state index contributed by atoms with van der Waals surface area (Å²) in [5, 5.41) is 0. The molecule has 0 aromatic rings. The third kappa shape index (κ3) is 7.20. The molecule has 0 saturated heterocycles. The van der Waals surface area contributed by atoms with Crippen LogP contribution in [0, 0.1) is 5.92 Å². The van der Waals surface area contributed by atoms with Crippen molar-refractivity contribution in [2.75, 3.05) is 31.4 Å². The molecule has 0 aromatic heterocycles. The van der Waals surface area contributed by atoms with E-state index in [1.54, 1.807) is 0 Å². The predicted molar refractivity (Wildman–Crippen MR) is 57.3 cm³/mol. The lowest BCUT2D eigenvalue weighted by molar-refractivity contribution is 0.287. The first kappa shape index (κ1) is 12.5. The van der Waals surface area contributed by atoms with Crippen LogP contribution in [-0.4, -0.2) is 36.3 Å². The maximum atomic E-state index is 5.66. The molecular weight excluding hydrogens is 193 g/mol. The largest absolute Gasteiger partial charge is 0.301 e. The van der Waals surface area contributed by atoms with Crippen LogP contribution in [0.15, 0.2) is 0 Å². The fourth-order valence-electron chi connectivity index (χ4n) is 1.02. The molecule has 0 aliphatic heterocycles. The first-order valence-corrected chi connectivity index (χ1v) is 5.62. The molecule has 0 radical (unpaired) electrons. The molecule has 0 unspecified atom stereocenters. The monoisotopic (exact) mass is 211 g/mol. The second kappa shape index (κ2) is 8.15. The van der Waals surface area contributed by atoms with Crippen molar-refractivity contribution in [3.8, 4) is 0 Å². The standard InChI is InChI=1S/C9H19Cl2N/c1-9(2)3-6-12(7-4-10)8-5-11/h9H,3-8H2,1-2H3. The minimum absolute atomic E-state index is 0.703. The van der Waals surface area contributed by atoms with E-state index < -0.39 is 0 Å². The van der Waals surface area contributed by atoms with Crippen LogP contribution in [0.25, 0.3) is 0 Å². The number of hydrogen-bond donors (Lipinski definition) is 0. The maximum Gasteiger partial charge on any atom is 0.0351 e. The van der Waals surface area contributed by atoms with Gasteiger partial charge in [0.05, 0.1) is 0 Å². The lowest BCUT2D eigenvalue weighted by Gasteiger charge is -2.20. The number of rotatable bonds is 7. The van der Waals surface area contributed by atoms with Gasteiger partial charge in [-0.15, -0.1) is 23.2 Å². The van der Waals surface area contributed by atoms with Crippen LogP contribution in [0.1, 0.15) is 20.3 Å². The van der Waals surface area contributed by atoms with Crippen molar-refractivity contribution in [3.63, 3.8) is 0 Å². The molecular formula is C9H19Cl2N. The molecule has 12 heavy (non-hydrogen) atoms. The summed E-state index contributed by atoms with van der Waals surface area (Å²) in [7, 11) is 0. The van der Waals surface area contributed by atoms with Gasteiger partial charge in [0.25, 0.3) is 0 Å². The minimum Gasteiger partial charge on any atom is -0.301 e. The van der Waals surface area contributed by atoms with Gasteiger partial charge in [-0.2, -0.15) is 0 Å². The van der Waals surface area contributed by atoms with E-state index in [0.717, 1.165) is 25.6 Å². The lowest BCUT2D eigenvalue weighted by atomic mass is 10.1. The number of halogens is 2. The molecule has 0 fully saturated rings. The molecule has 0 heterocycles. The summed E-state index contributed by atoms with van der Waals surface area (Å²) >= 11 is 11.3. The average molecular weight is 212 g/mol. The summed E-state index contributed by atoms with van der Waals surface area (Å²) in [6, 6.07) is 0. The summed E-state index contributed by atoms with van der Waals surface area (Å²) in [4.78, 5) is 2.32. The van der Waals surface area contributed by atoms with Crippen LogP contribution in [0.5, 0.6) is 0 Å². The second-order valence-electron chi connectivity index (χ2n) is 3.40. The minimum atomic E-state index is 0.703. The van der Waals surface area contributed by atoms with Gasteiger partial charge in [0.2, 0.25) is 0 Å². The van der Waals surface area contributed by atoms with E-state index in [0.29, 0.717) is 11.8 Å². The highest BCUT2D eigenvalue weighted by Crippen LogP contribution is 2.02. The molecule has 0 saturated carbocycles. The smallest absolute Gasteiger partial charge is 0.0351 e. The van der Waals surface area contributed by atoms with E-state index in [1.807, 2.05) is 0 Å². The van der Waals surface area contributed by atoms with Gasteiger partial charge >= 0.3 is 0 Å². The maximum absolute atomic E-state index is 5.66. The molecule has 0 atom stereocenters. The molecule has 0 N–H and O–H groups in total. The van der Waals surface area contributed by atoms with Gasteiger partial charge in [-0.25, -0.2) is 0 Å². The zero-order valence-electron chi connectivity index (χ0n) is 8.02. The van der Waals surface area contributed by atoms with Crippen molar-refractivity contribution in [3.05, 3.63) is 0 Å². The second-order valence-corrected chi connectivity index (χ2v) is 4.16. The average Bonchev–Trinajstić information content (AvgIpc) is 2.01. The van der Waals surface area contributed by atoms with Crippen LogP contribution < -0.4 is 0 Å². The number of nitrogens with zero attached hydrogens (tertiary/aromatic N) is 1. The van der Waals surface area contributed by atoms with Crippen LogP contribution in [0.3, 0.4) is 0 Å². The Hall–Kier alpha value is 0.540. The van der Waals surface area contributed by atoms with Gasteiger partial charge in [0.1, 0.15) is 0 Å². The SMILES string of the molecule is CC(C)CCN(CCCl)CCCl. The summed E-state index contributed by atoms with van der Waals surface area (Å²) in [6.07, 6.45) is 1.23. The van der Waals surface area contributed by atoms with Crippen molar-refractivity contribution < 1.29 is 0 Å². The van der Waals surface area contributed by atoms with E-state index in [2.05, 4.69) is 18.7 Å². The Labute approximate surface area is 86.0 Å². The molecule has 0 bridgehead atoms. The predicted octanol–water partition coefficient (Wildman–Crippen LogP) is 2.81. The molecule has 74 valence electrons. The first-order chi connectivity index (χ1) is 5.70. The Kier molecular flexibility index (Phi) is 8.52. The third-order valence-electron chi connectivity index (χ3n) is 1.82. The Balaban J connectivity index is 3.48. The van der Waals surface area contributed by atoms with Crippen molar-refractivity contribution in [1.82, 2.24) is 4.90 Å². The molecule has 0 aromatic carbocycles. The summed E-state index contributed by atoms with van der Waals surface area (Å²) < 4.78 is 0. The number of hydrogen-bond acceptors (Lipinski definition) is 1. The third-order valence-corrected chi connectivity index (χ3v) is 2.16. The van der Waals surface area contributed by atoms with Crippen LogP contribution in [0.4, 0.5) is 0 Å². The summed E-state index contributed by atoms with van der Waals surface area (Å²) in [6.45, 7) is 7.51. The van der Waals surface area contributed by atoms with Gasteiger partial charge < -0.3 is 4.90 Å². The van der Waals surface area contributed by atoms with Crippen LogP contribution >= 0.6 is 23.2 Å². The van der Waals surface area contributed by atoms with E-state index >= 15 is 0 Å². The summed E-state index contributed by atoms with van der Waals surface area (Å²) in [5.74, 6) is 2.17. The van der Waals surface area contributed by atoms with Crippen molar-refractivity contribution in [2.24, 2.45) is 5.92 Å². The van der Waals surface area contributed by atoms with Crippen molar-refractivity contribution >= 4 is 23.2 Å². The Morgan fingerprint density at radius 1 is 1.00 bits per heavy atom. The Morgan fingerprint density at radius 3 is 1.83 bits per heavy atom. The highest BCUT2D eigenvalue weighted by Gasteiger charge is 2.03. The van der Waals surface area contributed by atoms with E-state index in [4.69, 9.17) is 23.2 Å². The topological polar surface area (TPSA) is 3.24 Å². The molecule has 0 rings (SSSR count). The zero-order valence-corrected chi connectivity index (χ0v) is 9.53. The molecule has 0 aliphatic rings. The molecule has 0 amide bonds. The first-order valence-electron chi connectivity index (χ1n) is 4.55. The van der Waals surface area contributed by atoms with E-state index in [1.165, 1.54) is 6.42 Å². The number of alkyl halides is 2. The fraction of sp³-hybridized carbons (Fsp3) is 1.00. The fourth-order valence-corrected chi connectivity index (χ4v) is 1.49. The van der Waals surface area contributed by atoms with Crippen LogP contribution in [0.2, 0.25) is 0 Å². The van der Waals surface area contributed by atoms with Gasteiger partial charge in [-0.3, -0.25) is 0 Å². The Bertz CT molecular complexity index is 90.5. The highest BCUT2D eigenvalue weighted by atomic mass is 35.5. The Morgan fingerprint density at radius 2 is 1.50 bits per heavy atom. The van der Waals surface area contributed by atoms with Crippen LogP contribution in [-0.2, 0) is 0 Å². The van der Waals surface area contributed by atoms with E-state index in [9.17, 15) is 0 Å². The van der Waals surface area contributed by atoms with Crippen molar-refractivity contribution in [1.29, 1.82) is 0 Å². The van der Waals surface area contributed by atoms with Gasteiger partial charge in [0, 0.05) is 24.8 Å². The quantitative estimate of drug-likeness (QED) is 0.586.